The van der Waals surface area contributed by atoms with E-state index in [-0.39, 0.29) is 11.8 Å². The van der Waals surface area contributed by atoms with Gasteiger partial charge in [-0.1, -0.05) is 0 Å². The Morgan fingerprint density at radius 1 is 1.40 bits per heavy atom. The van der Waals surface area contributed by atoms with Gasteiger partial charge >= 0.3 is 0 Å². The first-order valence-electron chi connectivity index (χ1n) is 4.23. The van der Waals surface area contributed by atoms with E-state index in [0.29, 0.717) is 11.3 Å². The summed E-state index contributed by atoms with van der Waals surface area (Å²) in [6, 6.07) is 0. The van der Waals surface area contributed by atoms with Crippen LogP contribution < -0.4 is 5.32 Å². The molecule has 3 rings (SSSR count). The first kappa shape index (κ1) is 8.37. The Morgan fingerprint density at radius 2 is 2.27 bits per heavy atom. The third-order valence-electron chi connectivity index (χ3n) is 2.18. The molecule has 74 valence electrons. The fourth-order valence-electron chi connectivity index (χ4n) is 1.52. The minimum Gasteiger partial charge on any atom is -0.290 e. The Morgan fingerprint density at radius 3 is 3.00 bits per heavy atom. The Kier molecular flexibility index (Phi) is 1.54. The number of imide groups is 1. The fourth-order valence-corrected chi connectivity index (χ4v) is 2.37. The van der Waals surface area contributed by atoms with Crippen molar-refractivity contribution in [2.45, 2.75) is 0 Å². The number of hydrogen-bond donors (Lipinski definition) is 1. The minimum absolute atomic E-state index is 0.353. The number of nitrogens with one attached hydrogen (secondary N) is 1. The van der Waals surface area contributed by atoms with Crippen LogP contribution in [0.25, 0.3) is 10.5 Å². The molecule has 0 unspecified atom stereocenters. The Bertz CT molecular complexity index is 608. The van der Waals surface area contributed by atoms with Crippen molar-refractivity contribution >= 4 is 33.7 Å². The van der Waals surface area contributed by atoms with Crippen LogP contribution in [0.3, 0.4) is 0 Å². The van der Waals surface area contributed by atoms with Crippen LogP contribution in [0.1, 0.15) is 5.69 Å². The topological polar surface area (TPSA) is 63.5 Å². The normalized spacial score (nSPS) is 15.9. The largest absolute Gasteiger partial charge is 0.290 e. The molecule has 0 saturated heterocycles. The molecular formula is C9H5N3O2S. The highest BCUT2D eigenvalue weighted by Crippen LogP contribution is 2.23. The monoisotopic (exact) mass is 219 g/mol. The second-order valence-electron chi connectivity index (χ2n) is 3.08. The van der Waals surface area contributed by atoms with Crippen LogP contribution in [0.5, 0.6) is 0 Å². The Balaban J connectivity index is 2.23. The molecule has 1 N–H and O–H groups in total. The summed E-state index contributed by atoms with van der Waals surface area (Å²) in [6.45, 7) is 0. The lowest BCUT2D eigenvalue weighted by atomic mass is 10.2. The van der Waals surface area contributed by atoms with Gasteiger partial charge in [0, 0.05) is 23.8 Å². The molecule has 0 atom stereocenters. The van der Waals surface area contributed by atoms with Gasteiger partial charge in [-0.25, -0.2) is 4.98 Å². The van der Waals surface area contributed by atoms with Gasteiger partial charge in [-0.3, -0.25) is 19.3 Å². The molecule has 5 nitrogen and oxygen atoms in total. The molecule has 0 radical (unpaired) electrons. The first-order chi connectivity index (χ1) is 7.25. The van der Waals surface area contributed by atoms with Gasteiger partial charge in [0.05, 0.1) is 11.3 Å². The zero-order valence-electron chi connectivity index (χ0n) is 7.43. The summed E-state index contributed by atoms with van der Waals surface area (Å²) < 4.78 is 1.79. The van der Waals surface area contributed by atoms with Crippen LogP contribution in [0.4, 0.5) is 0 Å². The number of hydrogen-bond acceptors (Lipinski definition) is 4. The van der Waals surface area contributed by atoms with E-state index in [0.717, 1.165) is 4.96 Å². The van der Waals surface area contributed by atoms with Crippen molar-refractivity contribution in [3.8, 4) is 0 Å². The molecule has 15 heavy (non-hydrogen) atoms. The molecule has 6 heteroatoms. The van der Waals surface area contributed by atoms with Crippen LogP contribution in [-0.2, 0) is 9.59 Å². The number of carbonyl (C=O) groups excluding carboxylic acids is 2. The van der Waals surface area contributed by atoms with Crippen LogP contribution in [0.2, 0.25) is 0 Å². The first-order valence-corrected chi connectivity index (χ1v) is 5.11. The molecule has 2 aromatic heterocycles. The van der Waals surface area contributed by atoms with Crippen molar-refractivity contribution in [3.05, 3.63) is 29.5 Å². The van der Waals surface area contributed by atoms with E-state index in [9.17, 15) is 9.59 Å². The zero-order valence-corrected chi connectivity index (χ0v) is 8.25. The average Bonchev–Trinajstić information content (AvgIpc) is 2.80. The van der Waals surface area contributed by atoms with Gasteiger partial charge in [0.2, 0.25) is 0 Å². The number of imidazole rings is 1. The summed E-state index contributed by atoms with van der Waals surface area (Å²) in [7, 11) is 0. The lowest BCUT2D eigenvalue weighted by Crippen LogP contribution is -2.21. The average molecular weight is 219 g/mol. The molecule has 0 saturated carbocycles. The summed E-state index contributed by atoms with van der Waals surface area (Å²) in [4.78, 5) is 27.3. The van der Waals surface area contributed by atoms with Gasteiger partial charge in [0.1, 0.15) is 0 Å². The summed E-state index contributed by atoms with van der Waals surface area (Å²) >= 11 is 1.43. The number of rotatable bonds is 1. The van der Waals surface area contributed by atoms with Crippen LogP contribution in [0, 0.1) is 0 Å². The predicted molar refractivity (Wildman–Crippen MR) is 54.2 cm³/mol. The third-order valence-corrected chi connectivity index (χ3v) is 3.03. The maximum Gasteiger partial charge on any atom is 0.260 e. The molecule has 0 aliphatic carbocycles. The van der Waals surface area contributed by atoms with Crippen molar-refractivity contribution in [2.75, 3.05) is 0 Å². The molecule has 1 aliphatic rings. The van der Waals surface area contributed by atoms with E-state index in [1.54, 1.807) is 16.8 Å². The molecule has 1 aliphatic heterocycles. The van der Waals surface area contributed by atoms with Crippen LogP contribution in [0.15, 0.2) is 23.8 Å². The van der Waals surface area contributed by atoms with Crippen LogP contribution in [-0.4, -0.2) is 21.2 Å². The number of nitrogens with zero attached hydrogens (tertiary/aromatic N) is 2. The quantitative estimate of drug-likeness (QED) is 0.708. The number of aromatic nitrogens is 2. The number of thiazole rings is 1. The van der Waals surface area contributed by atoms with E-state index in [4.69, 9.17) is 0 Å². The summed E-state index contributed by atoms with van der Waals surface area (Å²) in [5.41, 5.74) is 1.10. The fraction of sp³-hybridized carbons (Fsp3) is 0. The molecular weight excluding hydrogens is 214 g/mol. The second kappa shape index (κ2) is 2.77. The number of amides is 2. The lowest BCUT2D eigenvalue weighted by Gasteiger charge is -1.96. The van der Waals surface area contributed by atoms with E-state index in [1.807, 2.05) is 5.38 Å². The molecule has 2 aromatic rings. The standard InChI is InChI=1S/C9H5N3O2S/c13-7-3-5(8(14)11-7)6-4-15-9-10-1-2-12(6)9/h1-4H,(H,11,13,14). The van der Waals surface area contributed by atoms with Crippen molar-refractivity contribution in [1.82, 2.24) is 14.7 Å². The van der Waals surface area contributed by atoms with Crippen molar-refractivity contribution in [2.24, 2.45) is 0 Å². The maximum atomic E-state index is 11.4. The molecule has 2 amide bonds. The molecule has 0 fully saturated rings. The molecule has 0 bridgehead atoms. The number of carbonyl (C=O) groups is 2. The van der Waals surface area contributed by atoms with Gasteiger partial charge in [0.15, 0.2) is 4.96 Å². The molecule has 0 aromatic carbocycles. The van der Waals surface area contributed by atoms with Gasteiger partial charge in [-0.2, -0.15) is 0 Å². The summed E-state index contributed by atoms with van der Waals surface area (Å²) in [6.07, 6.45) is 4.73. The maximum absolute atomic E-state index is 11.4. The Hall–Kier alpha value is -1.95. The zero-order chi connectivity index (χ0) is 10.4. The van der Waals surface area contributed by atoms with E-state index >= 15 is 0 Å². The predicted octanol–water partition coefficient (Wildman–Crippen LogP) is 0.436. The van der Waals surface area contributed by atoms with E-state index in [2.05, 4.69) is 10.3 Å². The van der Waals surface area contributed by atoms with Gasteiger partial charge in [-0.15, -0.1) is 11.3 Å². The van der Waals surface area contributed by atoms with Gasteiger partial charge in [0.25, 0.3) is 11.8 Å². The molecule has 0 spiro atoms. The number of fused-ring (bicyclic) bond motifs is 1. The van der Waals surface area contributed by atoms with E-state index in [1.165, 1.54) is 17.4 Å². The van der Waals surface area contributed by atoms with Gasteiger partial charge < -0.3 is 0 Å². The van der Waals surface area contributed by atoms with E-state index < -0.39 is 0 Å². The summed E-state index contributed by atoms with van der Waals surface area (Å²) in [5, 5.41) is 4.02. The van der Waals surface area contributed by atoms with Crippen molar-refractivity contribution < 1.29 is 9.59 Å². The van der Waals surface area contributed by atoms with Gasteiger partial charge in [-0.05, 0) is 0 Å². The smallest absolute Gasteiger partial charge is 0.260 e. The second-order valence-corrected chi connectivity index (χ2v) is 3.91. The minimum atomic E-state index is -0.366. The molecule has 3 heterocycles. The highest BCUT2D eigenvalue weighted by Gasteiger charge is 2.24. The highest BCUT2D eigenvalue weighted by atomic mass is 32.1. The summed E-state index contributed by atoms with van der Waals surface area (Å²) in [5.74, 6) is -0.720. The SMILES string of the molecule is O=C1C=C(c2csc3nccn23)C(=O)N1. The Labute approximate surface area is 88.0 Å². The third kappa shape index (κ3) is 1.11. The lowest BCUT2D eigenvalue weighted by molar-refractivity contribution is -0.123. The van der Waals surface area contributed by atoms with Crippen molar-refractivity contribution in [3.63, 3.8) is 0 Å². The van der Waals surface area contributed by atoms with Crippen molar-refractivity contribution in [1.29, 1.82) is 0 Å². The van der Waals surface area contributed by atoms with Crippen LogP contribution >= 0.6 is 11.3 Å². The highest BCUT2D eigenvalue weighted by molar-refractivity contribution is 7.15.